The SMILES string of the molecule is Cc1ccc(S(=O)(=O)Nc2ccc(N(C)C3CCN(C(=O)OC(C)(C)C)CC3)c(F)c2)cc1. The number of aryl methyl sites for hydroxylation is 1. The zero-order chi connectivity index (χ0) is 24.4. The molecule has 2 aromatic rings. The van der Waals surface area contributed by atoms with Crippen molar-refractivity contribution in [2.24, 2.45) is 0 Å². The predicted octanol–water partition coefficient (Wildman–Crippen LogP) is 4.77. The molecule has 0 saturated carbocycles. The third-order valence-electron chi connectivity index (χ3n) is 5.58. The number of carbonyl (C=O) groups excluding carboxylic acids is 1. The Morgan fingerprint density at radius 1 is 1.12 bits per heavy atom. The van der Waals surface area contributed by atoms with E-state index in [1.54, 1.807) is 29.2 Å². The molecule has 1 fully saturated rings. The van der Waals surface area contributed by atoms with Gasteiger partial charge in [-0.15, -0.1) is 0 Å². The lowest BCUT2D eigenvalue weighted by molar-refractivity contribution is 0.0205. The maximum absolute atomic E-state index is 14.9. The minimum absolute atomic E-state index is 0.0493. The van der Waals surface area contributed by atoms with E-state index in [0.29, 0.717) is 31.6 Å². The second kappa shape index (κ2) is 9.59. The molecule has 0 aromatic heterocycles. The molecule has 2 aromatic carbocycles. The maximum Gasteiger partial charge on any atom is 0.410 e. The molecular weight excluding hydrogens is 445 g/mol. The Hall–Kier alpha value is -2.81. The van der Waals surface area contributed by atoms with Crippen LogP contribution in [0, 0.1) is 12.7 Å². The summed E-state index contributed by atoms with van der Waals surface area (Å²) >= 11 is 0. The number of amides is 1. The molecule has 1 aliphatic heterocycles. The molecule has 1 aliphatic rings. The number of anilines is 2. The number of likely N-dealkylation sites (tertiary alicyclic amines) is 1. The average Bonchev–Trinajstić information content (AvgIpc) is 2.72. The monoisotopic (exact) mass is 477 g/mol. The zero-order valence-corrected chi connectivity index (χ0v) is 20.6. The van der Waals surface area contributed by atoms with E-state index in [1.807, 2.05) is 39.6 Å². The van der Waals surface area contributed by atoms with Gasteiger partial charge in [0.1, 0.15) is 11.4 Å². The first-order valence-corrected chi connectivity index (χ1v) is 12.4. The highest BCUT2D eigenvalue weighted by Gasteiger charge is 2.29. The highest BCUT2D eigenvalue weighted by atomic mass is 32.2. The Labute approximate surface area is 195 Å². The minimum Gasteiger partial charge on any atom is -0.444 e. The van der Waals surface area contributed by atoms with Crippen LogP contribution in [0.2, 0.25) is 0 Å². The van der Waals surface area contributed by atoms with Crippen LogP contribution >= 0.6 is 0 Å². The molecule has 9 heteroatoms. The van der Waals surface area contributed by atoms with Crippen molar-refractivity contribution in [2.45, 2.75) is 57.1 Å². The summed E-state index contributed by atoms with van der Waals surface area (Å²) in [6.45, 7) is 8.42. The van der Waals surface area contributed by atoms with Crippen LogP contribution in [-0.2, 0) is 14.8 Å². The third-order valence-corrected chi connectivity index (χ3v) is 6.97. The van der Waals surface area contributed by atoms with Crippen LogP contribution in [0.5, 0.6) is 0 Å². The normalized spacial score (nSPS) is 15.3. The maximum atomic E-state index is 14.9. The molecule has 33 heavy (non-hydrogen) atoms. The van der Waals surface area contributed by atoms with E-state index in [2.05, 4.69) is 4.72 Å². The van der Waals surface area contributed by atoms with Gasteiger partial charge in [0, 0.05) is 32.2 Å². The number of sulfonamides is 1. The second-order valence-electron chi connectivity index (χ2n) is 9.39. The van der Waals surface area contributed by atoms with E-state index in [4.69, 9.17) is 4.74 Å². The van der Waals surface area contributed by atoms with Crippen molar-refractivity contribution in [2.75, 3.05) is 29.8 Å². The summed E-state index contributed by atoms with van der Waals surface area (Å²) in [7, 11) is -2.00. The van der Waals surface area contributed by atoms with E-state index in [0.717, 1.165) is 5.56 Å². The Morgan fingerprint density at radius 3 is 2.27 bits per heavy atom. The molecule has 1 saturated heterocycles. The van der Waals surface area contributed by atoms with Gasteiger partial charge in [-0.05, 0) is 64.8 Å². The van der Waals surface area contributed by atoms with Gasteiger partial charge >= 0.3 is 6.09 Å². The van der Waals surface area contributed by atoms with Gasteiger partial charge < -0.3 is 14.5 Å². The number of carbonyl (C=O) groups is 1. The number of benzene rings is 2. The van der Waals surface area contributed by atoms with Gasteiger partial charge in [0.25, 0.3) is 10.0 Å². The standard InChI is InChI=1S/C24H32FN3O4S/c1-17-6-9-20(10-7-17)33(30,31)26-18-8-11-22(21(25)16-18)27(5)19-12-14-28(15-13-19)23(29)32-24(2,3)4/h6-11,16,19,26H,12-15H2,1-5H3. The summed E-state index contributed by atoms with van der Waals surface area (Å²) in [5.41, 5.74) is 0.939. The van der Waals surface area contributed by atoms with E-state index >= 15 is 0 Å². The zero-order valence-electron chi connectivity index (χ0n) is 19.8. The van der Waals surface area contributed by atoms with Crippen LogP contribution < -0.4 is 9.62 Å². The fraction of sp³-hybridized carbons (Fsp3) is 0.458. The largest absolute Gasteiger partial charge is 0.444 e. The third kappa shape index (κ3) is 6.37. The Balaban J connectivity index is 1.64. The first kappa shape index (κ1) is 24.8. The van der Waals surface area contributed by atoms with E-state index in [-0.39, 0.29) is 22.7 Å². The van der Waals surface area contributed by atoms with Crippen molar-refractivity contribution in [1.82, 2.24) is 4.90 Å². The Morgan fingerprint density at radius 2 is 1.73 bits per heavy atom. The van der Waals surface area contributed by atoms with Crippen molar-refractivity contribution in [3.63, 3.8) is 0 Å². The van der Waals surface area contributed by atoms with Crippen molar-refractivity contribution in [1.29, 1.82) is 0 Å². The predicted molar refractivity (Wildman–Crippen MR) is 128 cm³/mol. The first-order valence-electron chi connectivity index (χ1n) is 11.0. The molecule has 0 aliphatic carbocycles. The molecule has 0 atom stereocenters. The minimum atomic E-state index is -3.81. The van der Waals surface area contributed by atoms with Crippen molar-refractivity contribution in [3.8, 4) is 0 Å². The average molecular weight is 478 g/mol. The molecule has 0 unspecified atom stereocenters. The lowest BCUT2D eigenvalue weighted by Gasteiger charge is -2.38. The van der Waals surface area contributed by atoms with Gasteiger partial charge in [-0.2, -0.15) is 0 Å². The number of piperidine rings is 1. The number of nitrogens with zero attached hydrogens (tertiary/aromatic N) is 2. The number of rotatable bonds is 5. The van der Waals surface area contributed by atoms with Crippen LogP contribution in [0.25, 0.3) is 0 Å². The molecule has 1 amide bonds. The molecule has 3 rings (SSSR count). The fourth-order valence-electron chi connectivity index (χ4n) is 3.75. The smallest absolute Gasteiger partial charge is 0.410 e. The quantitative estimate of drug-likeness (QED) is 0.671. The van der Waals surface area contributed by atoms with Crippen LogP contribution in [0.1, 0.15) is 39.2 Å². The topological polar surface area (TPSA) is 79.0 Å². The summed E-state index contributed by atoms with van der Waals surface area (Å²) in [6, 6.07) is 10.8. The highest BCUT2D eigenvalue weighted by molar-refractivity contribution is 7.92. The molecule has 180 valence electrons. The lowest BCUT2D eigenvalue weighted by Crippen LogP contribution is -2.47. The van der Waals surface area contributed by atoms with Crippen LogP contribution in [0.15, 0.2) is 47.4 Å². The van der Waals surface area contributed by atoms with Gasteiger partial charge in [-0.1, -0.05) is 17.7 Å². The molecule has 0 spiro atoms. The summed E-state index contributed by atoms with van der Waals surface area (Å²) in [6.07, 6.45) is 1.02. The van der Waals surface area contributed by atoms with Gasteiger partial charge in [0.15, 0.2) is 0 Å². The van der Waals surface area contributed by atoms with Crippen molar-refractivity contribution in [3.05, 3.63) is 53.8 Å². The van der Waals surface area contributed by atoms with E-state index < -0.39 is 21.4 Å². The lowest BCUT2D eigenvalue weighted by atomic mass is 10.0. The summed E-state index contributed by atoms with van der Waals surface area (Å²) in [5.74, 6) is -0.517. The Kier molecular flexibility index (Phi) is 7.21. The molecule has 0 radical (unpaired) electrons. The molecule has 0 bridgehead atoms. The van der Waals surface area contributed by atoms with Gasteiger partial charge in [-0.3, -0.25) is 4.72 Å². The fourth-order valence-corrected chi connectivity index (χ4v) is 4.80. The van der Waals surface area contributed by atoms with E-state index in [9.17, 15) is 17.6 Å². The Bertz CT molecular complexity index is 1090. The first-order chi connectivity index (χ1) is 15.4. The molecule has 1 heterocycles. The van der Waals surface area contributed by atoms with Gasteiger partial charge in [0.2, 0.25) is 0 Å². The van der Waals surface area contributed by atoms with E-state index in [1.165, 1.54) is 18.2 Å². The van der Waals surface area contributed by atoms with Gasteiger partial charge in [0.05, 0.1) is 16.3 Å². The van der Waals surface area contributed by atoms with Crippen molar-refractivity contribution >= 4 is 27.5 Å². The molecule has 7 nitrogen and oxygen atoms in total. The second-order valence-corrected chi connectivity index (χ2v) is 11.1. The molecular formula is C24H32FN3O4S. The number of nitrogens with one attached hydrogen (secondary N) is 1. The van der Waals surface area contributed by atoms with Crippen LogP contribution in [-0.4, -0.2) is 51.2 Å². The number of ether oxygens (including phenoxy) is 1. The summed E-state index contributed by atoms with van der Waals surface area (Å²) < 4.78 is 47.9. The van der Waals surface area contributed by atoms with Crippen LogP contribution in [0.3, 0.4) is 0 Å². The van der Waals surface area contributed by atoms with Crippen LogP contribution in [0.4, 0.5) is 20.6 Å². The number of hydrogen-bond acceptors (Lipinski definition) is 5. The van der Waals surface area contributed by atoms with Crippen molar-refractivity contribution < 1.29 is 22.3 Å². The number of hydrogen-bond donors (Lipinski definition) is 1. The highest BCUT2D eigenvalue weighted by Crippen LogP contribution is 2.28. The molecule has 1 N–H and O–H groups in total. The number of halogens is 1. The van der Waals surface area contributed by atoms with Gasteiger partial charge in [-0.25, -0.2) is 17.6 Å². The summed E-state index contributed by atoms with van der Waals surface area (Å²) in [4.78, 5) is 15.9. The summed E-state index contributed by atoms with van der Waals surface area (Å²) in [5, 5.41) is 0.